The molecule has 2 heterocycles. The van der Waals surface area contributed by atoms with Gasteiger partial charge in [0.05, 0.1) is 24.3 Å². The maximum Gasteiger partial charge on any atom is 0.416 e. The first-order valence-corrected chi connectivity index (χ1v) is 12.0. The molecule has 198 valence electrons. The molecule has 0 fully saturated rings. The second-order valence-electron chi connectivity index (χ2n) is 7.61. The Bertz CT molecular complexity index is 1280. The fraction of sp³-hybridized carbons (Fsp3) is 0.333. The highest BCUT2D eigenvalue weighted by molar-refractivity contribution is 7.18. The summed E-state index contributed by atoms with van der Waals surface area (Å²) in [5.41, 5.74) is -0.543. The van der Waals surface area contributed by atoms with E-state index in [4.69, 9.17) is 14.2 Å². The lowest BCUT2D eigenvalue weighted by Crippen LogP contribution is -2.16. The van der Waals surface area contributed by atoms with Crippen LogP contribution in [0.4, 0.5) is 18.2 Å². The predicted molar refractivity (Wildman–Crippen MR) is 128 cm³/mol. The number of esters is 2. The van der Waals surface area contributed by atoms with E-state index in [2.05, 4.69) is 10.4 Å². The number of carbonyl (C=O) groups is 3. The van der Waals surface area contributed by atoms with Gasteiger partial charge in [-0.2, -0.15) is 18.3 Å². The molecule has 3 rings (SSSR count). The quantitative estimate of drug-likeness (QED) is 0.348. The van der Waals surface area contributed by atoms with Gasteiger partial charge in [-0.3, -0.25) is 4.79 Å². The van der Waals surface area contributed by atoms with Crippen LogP contribution in [0.1, 0.15) is 61.9 Å². The van der Waals surface area contributed by atoms with Crippen LogP contribution in [-0.2, 0) is 22.4 Å². The molecule has 1 aromatic carbocycles. The Labute approximate surface area is 214 Å². The number of hydrogen-bond acceptors (Lipinski definition) is 8. The van der Waals surface area contributed by atoms with Crippen molar-refractivity contribution >= 4 is 34.2 Å². The normalized spacial score (nSPS) is 11.2. The number of rotatable bonds is 10. The molecule has 0 atom stereocenters. The van der Waals surface area contributed by atoms with Gasteiger partial charge in [-0.05, 0) is 50.1 Å². The number of carbonyl (C=O) groups excluding carboxylic acids is 3. The molecule has 0 aliphatic heterocycles. The Kier molecular flexibility index (Phi) is 8.92. The largest absolute Gasteiger partial charge is 0.471 e. The van der Waals surface area contributed by atoms with Gasteiger partial charge < -0.3 is 19.5 Å². The minimum absolute atomic E-state index is 0.0212. The Hall–Kier alpha value is -3.87. The van der Waals surface area contributed by atoms with Crippen molar-refractivity contribution in [3.63, 3.8) is 0 Å². The molecule has 0 unspecified atom stereocenters. The molecule has 3 aromatic rings. The number of hydrogen-bond donors (Lipinski definition) is 1. The molecular weight excluding hydrogens is 515 g/mol. The van der Waals surface area contributed by atoms with E-state index in [0.29, 0.717) is 12.0 Å². The van der Waals surface area contributed by atoms with Crippen LogP contribution in [0.3, 0.4) is 0 Å². The van der Waals surface area contributed by atoms with Crippen LogP contribution in [0.5, 0.6) is 5.75 Å². The molecule has 13 heteroatoms. The van der Waals surface area contributed by atoms with Crippen molar-refractivity contribution in [1.82, 2.24) is 9.78 Å². The van der Waals surface area contributed by atoms with Crippen molar-refractivity contribution in [1.29, 1.82) is 0 Å². The molecule has 37 heavy (non-hydrogen) atoms. The maximum atomic E-state index is 12.9. The number of benzene rings is 1. The van der Waals surface area contributed by atoms with Gasteiger partial charge in [-0.25, -0.2) is 14.3 Å². The van der Waals surface area contributed by atoms with Crippen LogP contribution in [-0.4, -0.2) is 40.8 Å². The number of halogens is 3. The van der Waals surface area contributed by atoms with E-state index in [1.54, 1.807) is 13.8 Å². The average Bonchev–Trinajstić information content (AvgIpc) is 3.45. The summed E-state index contributed by atoms with van der Waals surface area (Å²) in [5, 5.41) is 6.75. The lowest BCUT2D eigenvalue weighted by atomic mass is 10.1. The molecule has 1 amide bonds. The number of ether oxygens (including phenoxy) is 3. The van der Waals surface area contributed by atoms with Crippen LogP contribution < -0.4 is 10.1 Å². The van der Waals surface area contributed by atoms with Crippen molar-refractivity contribution in [3.8, 4) is 5.75 Å². The first-order chi connectivity index (χ1) is 17.5. The van der Waals surface area contributed by atoms with Crippen LogP contribution in [0.2, 0.25) is 0 Å². The van der Waals surface area contributed by atoms with Crippen LogP contribution in [0.25, 0.3) is 0 Å². The van der Waals surface area contributed by atoms with Gasteiger partial charge in [-0.15, -0.1) is 11.3 Å². The van der Waals surface area contributed by atoms with Crippen LogP contribution in [0.15, 0.2) is 36.5 Å². The summed E-state index contributed by atoms with van der Waals surface area (Å²) in [6.45, 7) is 5.07. The highest BCUT2D eigenvalue weighted by atomic mass is 32.1. The van der Waals surface area contributed by atoms with E-state index >= 15 is 0 Å². The number of aromatic nitrogens is 2. The van der Waals surface area contributed by atoms with Gasteiger partial charge in [0.2, 0.25) is 0 Å². The van der Waals surface area contributed by atoms with E-state index in [0.717, 1.165) is 23.5 Å². The zero-order chi connectivity index (χ0) is 27.2. The molecule has 2 aromatic heterocycles. The number of nitrogens with zero attached hydrogens (tertiary/aromatic N) is 2. The van der Waals surface area contributed by atoms with E-state index in [1.807, 2.05) is 6.92 Å². The number of alkyl halides is 3. The van der Waals surface area contributed by atoms with Crippen molar-refractivity contribution in [3.05, 3.63) is 63.8 Å². The average molecular weight is 540 g/mol. The smallest absolute Gasteiger partial charge is 0.416 e. The molecule has 0 spiro atoms. The molecule has 0 aliphatic rings. The zero-order valence-electron chi connectivity index (χ0n) is 20.2. The summed E-state index contributed by atoms with van der Waals surface area (Å²) in [7, 11) is 0. The molecule has 0 bridgehead atoms. The lowest BCUT2D eigenvalue weighted by molar-refractivity contribution is -0.137. The van der Waals surface area contributed by atoms with E-state index in [9.17, 15) is 27.6 Å². The van der Waals surface area contributed by atoms with Gasteiger partial charge in [0.15, 0.2) is 12.4 Å². The predicted octanol–water partition coefficient (Wildman–Crippen LogP) is 5.30. The molecule has 9 nitrogen and oxygen atoms in total. The number of nitrogens with one attached hydrogen (secondary N) is 1. The summed E-state index contributed by atoms with van der Waals surface area (Å²) in [6.07, 6.45) is -2.52. The number of amides is 1. The third-order valence-electron chi connectivity index (χ3n) is 4.87. The van der Waals surface area contributed by atoms with Gasteiger partial charge >= 0.3 is 18.1 Å². The minimum Gasteiger partial charge on any atom is -0.471 e. The second kappa shape index (κ2) is 11.9. The summed E-state index contributed by atoms with van der Waals surface area (Å²) in [5.74, 6) is -2.03. The Morgan fingerprint density at radius 1 is 1.11 bits per heavy atom. The molecule has 1 N–H and O–H groups in total. The minimum atomic E-state index is -4.51. The van der Waals surface area contributed by atoms with E-state index < -0.39 is 29.6 Å². The molecule has 0 radical (unpaired) electrons. The number of anilines is 1. The second-order valence-corrected chi connectivity index (χ2v) is 8.63. The molecule has 0 saturated heterocycles. The van der Waals surface area contributed by atoms with Crippen molar-refractivity contribution in [2.45, 2.75) is 40.1 Å². The lowest BCUT2D eigenvalue weighted by Gasteiger charge is -2.10. The van der Waals surface area contributed by atoms with Gasteiger partial charge in [0.25, 0.3) is 5.91 Å². The third-order valence-corrected chi connectivity index (χ3v) is 6.06. The first kappa shape index (κ1) is 27.7. The Morgan fingerprint density at radius 3 is 2.54 bits per heavy atom. The SMILES string of the molecule is CCCOC(=O)c1c(NC(=O)c2ccn(COc3cccc(C(F)(F)F)c3)n2)sc(C(=O)OCC)c1C. The fourth-order valence-corrected chi connectivity index (χ4v) is 4.21. The van der Waals surface area contributed by atoms with Gasteiger partial charge in [0, 0.05) is 6.20 Å². The van der Waals surface area contributed by atoms with Crippen molar-refractivity contribution in [2.24, 2.45) is 0 Å². The highest BCUT2D eigenvalue weighted by Crippen LogP contribution is 2.35. The Morgan fingerprint density at radius 2 is 1.86 bits per heavy atom. The zero-order valence-corrected chi connectivity index (χ0v) is 21.0. The van der Waals surface area contributed by atoms with Crippen LogP contribution in [0, 0.1) is 6.92 Å². The summed E-state index contributed by atoms with van der Waals surface area (Å²) < 4.78 is 55.4. The van der Waals surface area contributed by atoms with E-state index in [-0.39, 0.29) is 46.8 Å². The number of thiophene rings is 1. The topological polar surface area (TPSA) is 109 Å². The van der Waals surface area contributed by atoms with Crippen molar-refractivity contribution in [2.75, 3.05) is 18.5 Å². The first-order valence-electron chi connectivity index (χ1n) is 11.2. The molecule has 0 saturated carbocycles. The highest BCUT2D eigenvalue weighted by Gasteiger charge is 2.31. The standard InChI is InChI=1S/C24H24F3N3O6S/c1-4-11-35-22(32)18-14(3)19(23(33)34-5-2)37-21(18)28-20(31)17-9-10-30(29-17)13-36-16-8-6-7-15(12-16)24(25,26)27/h6-10,12H,4-5,11,13H2,1-3H3,(H,28,31). The molecular formula is C24H24F3N3O6S. The van der Waals surface area contributed by atoms with Gasteiger partial charge in [-0.1, -0.05) is 13.0 Å². The Balaban J connectivity index is 1.75. The third kappa shape index (κ3) is 6.88. The maximum absolute atomic E-state index is 12.9. The summed E-state index contributed by atoms with van der Waals surface area (Å²) >= 11 is 0.878. The molecule has 0 aliphatic carbocycles. The summed E-state index contributed by atoms with van der Waals surface area (Å²) in [6, 6.07) is 5.74. The monoisotopic (exact) mass is 539 g/mol. The van der Waals surface area contributed by atoms with Crippen LogP contribution >= 0.6 is 11.3 Å². The van der Waals surface area contributed by atoms with Crippen molar-refractivity contribution < 1.29 is 41.8 Å². The van der Waals surface area contributed by atoms with Gasteiger partial charge in [0.1, 0.15) is 15.6 Å². The van der Waals surface area contributed by atoms with E-state index in [1.165, 1.54) is 29.1 Å². The summed E-state index contributed by atoms with van der Waals surface area (Å²) in [4.78, 5) is 38.0. The fourth-order valence-electron chi connectivity index (χ4n) is 3.13.